The largest absolute Gasteiger partial charge is 0.393 e. The van der Waals surface area contributed by atoms with Gasteiger partial charge in [-0.3, -0.25) is 4.79 Å². The Kier molecular flexibility index (Phi) is 3.59. The van der Waals surface area contributed by atoms with Gasteiger partial charge in [-0.25, -0.2) is 0 Å². The van der Waals surface area contributed by atoms with Gasteiger partial charge in [-0.05, 0) is 6.42 Å². The molecule has 1 aliphatic rings. The summed E-state index contributed by atoms with van der Waals surface area (Å²) in [5, 5.41) is 0. The molecular formula is C9H15F3N2O. The van der Waals surface area contributed by atoms with E-state index in [9.17, 15) is 18.0 Å². The van der Waals surface area contributed by atoms with Crippen LogP contribution in [0, 0.1) is 5.92 Å². The van der Waals surface area contributed by atoms with Gasteiger partial charge in [-0.15, -0.1) is 0 Å². The van der Waals surface area contributed by atoms with Gasteiger partial charge in [-0.1, -0.05) is 6.92 Å². The monoisotopic (exact) mass is 224 g/mol. The van der Waals surface area contributed by atoms with Crippen LogP contribution >= 0.6 is 0 Å². The van der Waals surface area contributed by atoms with Gasteiger partial charge in [-0.2, -0.15) is 13.2 Å². The van der Waals surface area contributed by atoms with Crippen LogP contribution in [-0.4, -0.2) is 36.1 Å². The van der Waals surface area contributed by atoms with Crippen molar-refractivity contribution in [3.8, 4) is 0 Å². The highest BCUT2D eigenvalue weighted by Crippen LogP contribution is 2.33. The van der Waals surface area contributed by atoms with E-state index < -0.39 is 18.1 Å². The SMILES string of the molecule is CCC(=O)N1CCC(C(F)(F)F)C(N)C1. The molecule has 15 heavy (non-hydrogen) atoms. The minimum absolute atomic E-state index is 0.0108. The zero-order valence-electron chi connectivity index (χ0n) is 8.55. The number of carbonyl (C=O) groups excluding carboxylic acids is 1. The molecule has 1 rings (SSSR count). The fraction of sp³-hybridized carbons (Fsp3) is 0.889. The number of halogens is 3. The average molecular weight is 224 g/mol. The second-order valence-corrected chi connectivity index (χ2v) is 3.79. The van der Waals surface area contributed by atoms with Crippen molar-refractivity contribution >= 4 is 5.91 Å². The fourth-order valence-corrected chi connectivity index (χ4v) is 1.84. The van der Waals surface area contributed by atoms with Crippen molar-refractivity contribution in [1.29, 1.82) is 0 Å². The smallest absolute Gasteiger partial charge is 0.341 e. The molecule has 88 valence electrons. The van der Waals surface area contributed by atoms with Crippen LogP contribution in [-0.2, 0) is 4.79 Å². The van der Waals surface area contributed by atoms with Crippen molar-refractivity contribution in [2.24, 2.45) is 11.7 Å². The van der Waals surface area contributed by atoms with Crippen molar-refractivity contribution < 1.29 is 18.0 Å². The molecule has 1 saturated heterocycles. The predicted octanol–water partition coefficient (Wildman–Crippen LogP) is 1.13. The number of amides is 1. The molecule has 2 N–H and O–H groups in total. The normalized spacial score (nSPS) is 27.9. The van der Waals surface area contributed by atoms with Crippen LogP contribution in [0.1, 0.15) is 19.8 Å². The van der Waals surface area contributed by atoms with Gasteiger partial charge in [0, 0.05) is 25.6 Å². The van der Waals surface area contributed by atoms with E-state index in [4.69, 9.17) is 5.73 Å². The molecule has 2 unspecified atom stereocenters. The number of nitrogens with zero attached hydrogens (tertiary/aromatic N) is 1. The maximum atomic E-state index is 12.4. The van der Waals surface area contributed by atoms with Crippen LogP contribution in [0.15, 0.2) is 0 Å². The number of alkyl halides is 3. The van der Waals surface area contributed by atoms with Gasteiger partial charge in [0.2, 0.25) is 5.91 Å². The Morgan fingerprint density at radius 1 is 1.53 bits per heavy atom. The van der Waals surface area contributed by atoms with Crippen LogP contribution in [0.25, 0.3) is 0 Å². The highest BCUT2D eigenvalue weighted by molar-refractivity contribution is 5.75. The summed E-state index contributed by atoms with van der Waals surface area (Å²) >= 11 is 0. The van der Waals surface area contributed by atoms with Crippen LogP contribution in [0.4, 0.5) is 13.2 Å². The molecule has 1 aliphatic heterocycles. The Balaban J connectivity index is 2.59. The third-order valence-corrected chi connectivity index (χ3v) is 2.73. The lowest BCUT2D eigenvalue weighted by Gasteiger charge is -2.37. The Bertz CT molecular complexity index is 242. The second-order valence-electron chi connectivity index (χ2n) is 3.79. The van der Waals surface area contributed by atoms with Crippen LogP contribution in [0.3, 0.4) is 0 Å². The van der Waals surface area contributed by atoms with E-state index in [0.29, 0.717) is 6.42 Å². The van der Waals surface area contributed by atoms with Crippen molar-refractivity contribution in [1.82, 2.24) is 4.90 Å². The Hall–Kier alpha value is -0.780. The molecule has 0 aromatic carbocycles. The highest BCUT2D eigenvalue weighted by atomic mass is 19.4. The molecule has 1 fully saturated rings. The average Bonchev–Trinajstić information content (AvgIpc) is 2.14. The molecule has 0 saturated carbocycles. The van der Waals surface area contributed by atoms with Crippen LogP contribution in [0.2, 0.25) is 0 Å². The lowest BCUT2D eigenvalue weighted by molar-refractivity contribution is -0.190. The molecule has 0 spiro atoms. The topological polar surface area (TPSA) is 46.3 Å². The number of likely N-dealkylation sites (tertiary alicyclic amines) is 1. The standard InChI is InChI=1S/C9H15F3N2O/c1-2-8(15)14-4-3-6(7(13)5-14)9(10,11)12/h6-7H,2-5,13H2,1H3. The van der Waals surface area contributed by atoms with E-state index in [1.165, 1.54) is 4.90 Å². The molecule has 6 heteroatoms. The molecule has 0 radical (unpaired) electrons. The van der Waals surface area contributed by atoms with Gasteiger partial charge in [0.15, 0.2) is 0 Å². The molecule has 2 atom stereocenters. The summed E-state index contributed by atoms with van der Waals surface area (Å²) in [7, 11) is 0. The van der Waals surface area contributed by atoms with Crippen molar-refractivity contribution in [3.05, 3.63) is 0 Å². The number of rotatable bonds is 1. The van der Waals surface area contributed by atoms with E-state index in [1.54, 1.807) is 6.92 Å². The van der Waals surface area contributed by atoms with E-state index in [1.807, 2.05) is 0 Å². The van der Waals surface area contributed by atoms with Gasteiger partial charge < -0.3 is 10.6 Å². The third-order valence-electron chi connectivity index (χ3n) is 2.73. The Morgan fingerprint density at radius 2 is 2.13 bits per heavy atom. The van der Waals surface area contributed by atoms with Gasteiger partial charge in [0.25, 0.3) is 0 Å². The quantitative estimate of drug-likeness (QED) is 0.725. The number of hydrogen-bond acceptors (Lipinski definition) is 2. The van der Waals surface area contributed by atoms with Crippen molar-refractivity contribution in [3.63, 3.8) is 0 Å². The summed E-state index contributed by atoms with van der Waals surface area (Å²) in [6.07, 6.45) is -4.03. The summed E-state index contributed by atoms with van der Waals surface area (Å²) in [6.45, 7) is 1.85. The first-order chi connectivity index (χ1) is 6.86. The molecular weight excluding hydrogens is 209 g/mol. The second kappa shape index (κ2) is 4.38. The zero-order valence-corrected chi connectivity index (χ0v) is 8.55. The summed E-state index contributed by atoms with van der Waals surface area (Å²) < 4.78 is 37.3. The maximum absolute atomic E-state index is 12.4. The van der Waals surface area contributed by atoms with Gasteiger partial charge >= 0.3 is 6.18 Å². The van der Waals surface area contributed by atoms with E-state index in [-0.39, 0.29) is 25.4 Å². The molecule has 0 aromatic heterocycles. The molecule has 0 aliphatic carbocycles. The first-order valence-corrected chi connectivity index (χ1v) is 4.96. The highest BCUT2D eigenvalue weighted by Gasteiger charge is 2.46. The molecule has 1 amide bonds. The zero-order chi connectivity index (χ0) is 11.6. The maximum Gasteiger partial charge on any atom is 0.393 e. The summed E-state index contributed by atoms with van der Waals surface area (Å²) in [6, 6.07) is -0.991. The number of nitrogens with two attached hydrogens (primary N) is 1. The lowest BCUT2D eigenvalue weighted by atomic mass is 9.91. The van der Waals surface area contributed by atoms with Crippen LogP contribution in [0.5, 0.6) is 0 Å². The van der Waals surface area contributed by atoms with E-state index >= 15 is 0 Å². The summed E-state index contributed by atoms with van der Waals surface area (Å²) in [5.74, 6) is -1.61. The summed E-state index contributed by atoms with van der Waals surface area (Å²) in [4.78, 5) is 12.7. The van der Waals surface area contributed by atoms with E-state index in [0.717, 1.165) is 0 Å². The number of carbonyl (C=O) groups is 1. The fourth-order valence-electron chi connectivity index (χ4n) is 1.84. The third kappa shape index (κ3) is 2.84. The van der Waals surface area contributed by atoms with Crippen molar-refractivity contribution in [2.75, 3.05) is 13.1 Å². The van der Waals surface area contributed by atoms with Gasteiger partial charge in [0.1, 0.15) is 0 Å². The van der Waals surface area contributed by atoms with Crippen molar-refractivity contribution in [2.45, 2.75) is 32.0 Å². The minimum Gasteiger partial charge on any atom is -0.341 e. The first kappa shape index (κ1) is 12.3. The predicted molar refractivity (Wildman–Crippen MR) is 49.0 cm³/mol. The summed E-state index contributed by atoms with van der Waals surface area (Å²) in [5.41, 5.74) is 5.43. The van der Waals surface area contributed by atoms with Gasteiger partial charge in [0.05, 0.1) is 5.92 Å². The van der Waals surface area contributed by atoms with E-state index in [2.05, 4.69) is 0 Å². The van der Waals surface area contributed by atoms with Crippen LogP contribution < -0.4 is 5.73 Å². The molecule has 0 aromatic rings. The first-order valence-electron chi connectivity index (χ1n) is 4.96. The number of piperidine rings is 1. The Labute approximate surface area is 86.4 Å². The lowest BCUT2D eigenvalue weighted by Crippen LogP contribution is -2.54. The number of hydrogen-bond donors (Lipinski definition) is 1. The molecule has 3 nitrogen and oxygen atoms in total. The minimum atomic E-state index is -4.25. The molecule has 0 bridgehead atoms. The Morgan fingerprint density at radius 3 is 2.53 bits per heavy atom. The molecule has 1 heterocycles.